The quantitative estimate of drug-likeness (QED) is 0.765. The topological polar surface area (TPSA) is 80.2 Å². The molecule has 98 valence electrons. The molecule has 1 amide bonds. The van der Waals surface area contributed by atoms with E-state index in [2.05, 4.69) is 26.1 Å². The van der Waals surface area contributed by atoms with Gasteiger partial charge in [0, 0.05) is 18.9 Å². The Morgan fingerprint density at radius 2 is 2.17 bits per heavy atom. The molecule has 0 N–H and O–H groups in total. The third kappa shape index (κ3) is 3.22. The zero-order valence-corrected chi connectivity index (χ0v) is 11.5. The van der Waals surface area contributed by atoms with Gasteiger partial charge in [-0.05, 0) is 28.1 Å². The molecule has 0 radical (unpaired) electrons. The second kappa shape index (κ2) is 4.88. The lowest BCUT2D eigenvalue weighted by Crippen LogP contribution is -2.26. The molecule has 18 heavy (non-hydrogen) atoms. The number of amides is 1. The molecule has 1 aromatic rings. The van der Waals surface area contributed by atoms with Crippen LogP contribution in [0.1, 0.15) is 6.42 Å². The Kier molecular flexibility index (Phi) is 3.62. The van der Waals surface area contributed by atoms with Crippen molar-refractivity contribution in [3.8, 4) is 0 Å². The molecule has 0 bridgehead atoms. The minimum Gasteiger partial charge on any atom is -0.295 e. The number of nitrogens with zero attached hydrogens (tertiary/aromatic N) is 3. The van der Waals surface area contributed by atoms with Crippen molar-refractivity contribution >= 4 is 37.9 Å². The van der Waals surface area contributed by atoms with Gasteiger partial charge in [0.25, 0.3) is 0 Å². The molecule has 1 unspecified atom stereocenters. The molecule has 9 heteroatoms. The van der Waals surface area contributed by atoms with Crippen molar-refractivity contribution in [3.63, 3.8) is 0 Å². The van der Waals surface area contributed by atoms with Gasteiger partial charge in [0.1, 0.15) is 4.60 Å². The van der Waals surface area contributed by atoms with Crippen molar-refractivity contribution in [2.24, 2.45) is 5.92 Å². The number of anilines is 1. The minimum absolute atomic E-state index is 0.000887. The molecular weight excluding hydrogens is 329 g/mol. The summed E-state index contributed by atoms with van der Waals surface area (Å²) in [6, 6.07) is 3.20. The number of carbonyl (C=O) groups excluding carboxylic acids is 1. The maximum atomic E-state index is 12.6. The average Bonchev–Trinajstić information content (AvgIpc) is 2.58. The van der Waals surface area contributed by atoms with Crippen molar-refractivity contribution in [2.45, 2.75) is 6.42 Å². The van der Waals surface area contributed by atoms with Crippen LogP contribution in [-0.2, 0) is 15.0 Å². The van der Waals surface area contributed by atoms with Crippen LogP contribution in [0.2, 0.25) is 0 Å². The first-order valence-corrected chi connectivity index (χ1v) is 7.41. The van der Waals surface area contributed by atoms with Crippen molar-refractivity contribution in [2.75, 3.05) is 17.2 Å². The SMILES string of the molecule is O=C1CC(CS(=O)(=O)F)CN1c1ccc(Br)nn1. The molecule has 1 atom stereocenters. The first-order valence-electron chi connectivity index (χ1n) is 5.07. The molecular formula is C9H9BrFN3O3S. The first-order chi connectivity index (χ1) is 8.35. The number of halogens is 2. The summed E-state index contributed by atoms with van der Waals surface area (Å²) in [5, 5.41) is 7.54. The fourth-order valence-electron chi connectivity index (χ4n) is 1.85. The van der Waals surface area contributed by atoms with Crippen LogP contribution >= 0.6 is 15.9 Å². The van der Waals surface area contributed by atoms with E-state index in [0.29, 0.717) is 10.4 Å². The second-order valence-electron chi connectivity index (χ2n) is 3.99. The first kappa shape index (κ1) is 13.3. The lowest BCUT2D eigenvalue weighted by atomic mass is 10.1. The van der Waals surface area contributed by atoms with Crippen LogP contribution in [-0.4, -0.2) is 36.8 Å². The normalized spacial score (nSPS) is 20.4. The smallest absolute Gasteiger partial charge is 0.295 e. The van der Waals surface area contributed by atoms with Crippen LogP contribution in [0.3, 0.4) is 0 Å². The summed E-state index contributed by atoms with van der Waals surface area (Å²) in [4.78, 5) is 13.0. The number of hydrogen-bond acceptors (Lipinski definition) is 5. The fourth-order valence-corrected chi connectivity index (χ4v) is 2.85. The summed E-state index contributed by atoms with van der Waals surface area (Å²) < 4.78 is 34.2. The average molecular weight is 338 g/mol. The summed E-state index contributed by atoms with van der Waals surface area (Å²) >= 11 is 3.11. The molecule has 0 spiro atoms. The molecule has 0 saturated carbocycles. The van der Waals surface area contributed by atoms with Gasteiger partial charge in [0.15, 0.2) is 5.82 Å². The highest BCUT2D eigenvalue weighted by molar-refractivity contribution is 9.10. The van der Waals surface area contributed by atoms with Gasteiger partial charge in [-0.1, -0.05) is 0 Å². The minimum atomic E-state index is -4.57. The Balaban J connectivity index is 2.12. The van der Waals surface area contributed by atoms with E-state index in [1.54, 1.807) is 12.1 Å². The number of rotatable bonds is 3. The van der Waals surface area contributed by atoms with Crippen molar-refractivity contribution in [1.29, 1.82) is 0 Å². The molecule has 1 saturated heterocycles. The van der Waals surface area contributed by atoms with Gasteiger partial charge >= 0.3 is 10.2 Å². The highest BCUT2D eigenvalue weighted by atomic mass is 79.9. The van der Waals surface area contributed by atoms with Crippen LogP contribution < -0.4 is 4.90 Å². The Labute approximate surface area is 112 Å². The summed E-state index contributed by atoms with van der Waals surface area (Å²) in [7, 11) is -4.57. The van der Waals surface area contributed by atoms with Gasteiger partial charge in [-0.25, -0.2) is 0 Å². The van der Waals surface area contributed by atoms with E-state index in [4.69, 9.17) is 0 Å². The van der Waals surface area contributed by atoms with E-state index >= 15 is 0 Å². The highest BCUT2D eigenvalue weighted by Gasteiger charge is 2.34. The predicted octanol–water partition coefficient (Wildman–Crippen LogP) is 0.891. The molecule has 0 aromatic carbocycles. The number of aromatic nitrogens is 2. The third-order valence-electron chi connectivity index (χ3n) is 2.53. The molecule has 6 nitrogen and oxygen atoms in total. The van der Waals surface area contributed by atoms with Gasteiger partial charge in [-0.2, -0.15) is 8.42 Å². The monoisotopic (exact) mass is 337 g/mol. The molecule has 0 aliphatic carbocycles. The number of carbonyl (C=O) groups is 1. The van der Waals surface area contributed by atoms with Gasteiger partial charge in [0.2, 0.25) is 5.91 Å². The maximum Gasteiger partial charge on any atom is 0.302 e. The summed E-state index contributed by atoms with van der Waals surface area (Å²) in [6.07, 6.45) is 0.000887. The Morgan fingerprint density at radius 3 is 2.72 bits per heavy atom. The Hall–Kier alpha value is -1.09. The zero-order valence-electron chi connectivity index (χ0n) is 9.08. The Bertz CT molecular complexity index is 563. The van der Waals surface area contributed by atoms with Crippen LogP contribution in [0.15, 0.2) is 16.7 Å². The fraction of sp³-hybridized carbons (Fsp3) is 0.444. The molecule has 1 aliphatic heterocycles. The molecule has 2 heterocycles. The number of hydrogen-bond donors (Lipinski definition) is 0. The van der Waals surface area contributed by atoms with Gasteiger partial charge in [0.05, 0.1) is 5.75 Å². The largest absolute Gasteiger partial charge is 0.302 e. The summed E-state index contributed by atoms with van der Waals surface area (Å²) in [5.41, 5.74) is 0. The molecule has 1 aromatic heterocycles. The molecule has 1 aliphatic rings. The standard InChI is InChI=1S/C9H9BrFN3O3S/c10-7-1-2-8(13-12-7)14-4-6(3-9(14)15)5-18(11,16)17/h1-2,6H,3-5H2. The zero-order chi connectivity index (χ0) is 13.3. The Morgan fingerprint density at radius 1 is 1.44 bits per heavy atom. The van der Waals surface area contributed by atoms with Gasteiger partial charge in [-0.3, -0.25) is 9.69 Å². The second-order valence-corrected chi connectivity index (χ2v) is 6.22. The van der Waals surface area contributed by atoms with Crippen LogP contribution in [0.5, 0.6) is 0 Å². The van der Waals surface area contributed by atoms with Crippen molar-refractivity contribution in [1.82, 2.24) is 10.2 Å². The van der Waals surface area contributed by atoms with Crippen LogP contribution in [0.4, 0.5) is 9.70 Å². The molecule has 1 fully saturated rings. The lowest BCUT2D eigenvalue weighted by molar-refractivity contribution is -0.117. The van der Waals surface area contributed by atoms with Gasteiger partial charge < -0.3 is 0 Å². The predicted molar refractivity (Wildman–Crippen MR) is 65.1 cm³/mol. The lowest BCUT2D eigenvalue weighted by Gasteiger charge is -2.14. The van der Waals surface area contributed by atoms with E-state index in [1.807, 2.05) is 0 Å². The van der Waals surface area contributed by atoms with E-state index < -0.39 is 21.9 Å². The van der Waals surface area contributed by atoms with Gasteiger partial charge in [-0.15, -0.1) is 14.1 Å². The third-order valence-corrected chi connectivity index (χ3v) is 3.83. The van der Waals surface area contributed by atoms with E-state index in [9.17, 15) is 17.1 Å². The van der Waals surface area contributed by atoms with E-state index in [-0.39, 0.29) is 18.9 Å². The maximum absolute atomic E-state index is 12.6. The van der Waals surface area contributed by atoms with Crippen LogP contribution in [0, 0.1) is 5.92 Å². The van der Waals surface area contributed by atoms with Crippen molar-refractivity contribution in [3.05, 3.63) is 16.7 Å². The van der Waals surface area contributed by atoms with E-state index in [1.165, 1.54) is 4.90 Å². The molecule has 2 rings (SSSR count). The van der Waals surface area contributed by atoms with Crippen LogP contribution in [0.25, 0.3) is 0 Å². The summed E-state index contributed by atoms with van der Waals surface area (Å²) in [6.45, 7) is 0.137. The highest BCUT2D eigenvalue weighted by Crippen LogP contribution is 2.24. The van der Waals surface area contributed by atoms with Crippen molar-refractivity contribution < 1.29 is 17.1 Å². The summed E-state index contributed by atoms with van der Waals surface area (Å²) in [5.74, 6) is -1.13. The van der Waals surface area contributed by atoms with E-state index in [0.717, 1.165) is 0 Å².